The second-order valence-corrected chi connectivity index (χ2v) is 7.00. The van der Waals surface area contributed by atoms with E-state index in [1.54, 1.807) is 4.90 Å². The minimum absolute atomic E-state index is 0.164. The molecule has 2 fully saturated rings. The fourth-order valence-electron chi connectivity index (χ4n) is 2.33. The van der Waals surface area contributed by atoms with Gasteiger partial charge in [-0.2, -0.15) is 0 Å². The molecule has 1 unspecified atom stereocenters. The van der Waals surface area contributed by atoms with E-state index in [1.807, 2.05) is 0 Å². The van der Waals surface area contributed by atoms with Crippen LogP contribution in [0, 0.1) is 5.92 Å². The lowest BCUT2D eigenvalue weighted by molar-refractivity contribution is -0.137. The first kappa shape index (κ1) is 11.9. The second kappa shape index (κ2) is 4.33. The van der Waals surface area contributed by atoms with Gasteiger partial charge in [0.25, 0.3) is 0 Å². The molecule has 92 valence electrons. The normalized spacial score (nSPS) is 29.8. The topological polar surface area (TPSA) is 80.5 Å². The Balaban J connectivity index is 1.99. The van der Waals surface area contributed by atoms with Crippen LogP contribution < -0.4 is 5.73 Å². The van der Waals surface area contributed by atoms with Crippen LogP contribution in [0.2, 0.25) is 0 Å². The molecule has 0 bridgehead atoms. The van der Waals surface area contributed by atoms with Gasteiger partial charge >= 0.3 is 0 Å². The van der Waals surface area contributed by atoms with Crippen molar-refractivity contribution in [3.05, 3.63) is 0 Å². The van der Waals surface area contributed by atoms with Crippen LogP contribution in [0.3, 0.4) is 0 Å². The van der Waals surface area contributed by atoms with Crippen LogP contribution in [0.25, 0.3) is 0 Å². The average Bonchev–Trinajstić information content (AvgIpc) is 2.15. The lowest BCUT2D eigenvalue weighted by Crippen LogP contribution is -2.57. The Labute approximate surface area is 95.9 Å². The van der Waals surface area contributed by atoms with Gasteiger partial charge in [0.2, 0.25) is 5.91 Å². The third-order valence-electron chi connectivity index (χ3n) is 3.46. The van der Waals surface area contributed by atoms with Gasteiger partial charge in [-0.25, -0.2) is 8.42 Å². The number of amides is 1. The van der Waals surface area contributed by atoms with Crippen LogP contribution in [-0.2, 0) is 14.6 Å². The zero-order valence-corrected chi connectivity index (χ0v) is 10.1. The van der Waals surface area contributed by atoms with Crippen molar-refractivity contribution in [1.29, 1.82) is 0 Å². The summed E-state index contributed by atoms with van der Waals surface area (Å²) in [5.41, 5.74) is 5.47. The number of carbonyl (C=O) groups excluding carboxylic acids is 1. The zero-order chi connectivity index (χ0) is 11.8. The largest absolute Gasteiger partial charge is 0.341 e. The molecule has 0 radical (unpaired) electrons. The number of carbonyl (C=O) groups is 1. The maximum atomic E-state index is 12.0. The summed E-state index contributed by atoms with van der Waals surface area (Å²) >= 11 is 0. The van der Waals surface area contributed by atoms with Crippen molar-refractivity contribution in [2.24, 2.45) is 11.7 Å². The minimum Gasteiger partial charge on any atom is -0.341 e. The molecule has 2 rings (SSSR count). The summed E-state index contributed by atoms with van der Waals surface area (Å²) in [5.74, 6) is 0.317. The van der Waals surface area contributed by atoms with Crippen LogP contribution in [0.5, 0.6) is 0 Å². The summed E-state index contributed by atoms with van der Waals surface area (Å²) in [4.78, 5) is 13.6. The van der Waals surface area contributed by atoms with Crippen molar-refractivity contribution in [1.82, 2.24) is 4.90 Å². The Kier molecular flexibility index (Phi) is 3.21. The number of nitrogens with two attached hydrogens (primary N) is 1. The summed E-state index contributed by atoms with van der Waals surface area (Å²) < 4.78 is 23.5. The first-order valence-corrected chi connectivity index (χ1v) is 7.46. The molecule has 0 aromatic heterocycles. The summed E-state index contributed by atoms with van der Waals surface area (Å²) in [5, 5.41) is -0.778. The molecule has 0 aromatic rings. The van der Waals surface area contributed by atoms with E-state index in [1.165, 1.54) is 0 Å². The number of likely N-dealkylation sites (tertiary alicyclic amines) is 1. The van der Waals surface area contributed by atoms with Crippen molar-refractivity contribution in [3.63, 3.8) is 0 Å². The highest BCUT2D eigenvalue weighted by atomic mass is 32.2. The lowest BCUT2D eigenvalue weighted by Gasteiger charge is -2.40. The smallest absolute Gasteiger partial charge is 0.240 e. The number of hydrogen-bond donors (Lipinski definition) is 1. The zero-order valence-electron chi connectivity index (χ0n) is 9.26. The van der Waals surface area contributed by atoms with Gasteiger partial charge in [0.15, 0.2) is 9.84 Å². The summed E-state index contributed by atoms with van der Waals surface area (Å²) in [6.45, 7) is 1.82. The van der Waals surface area contributed by atoms with Gasteiger partial charge in [0.05, 0.1) is 5.75 Å². The molecule has 5 nitrogen and oxygen atoms in total. The Morgan fingerprint density at radius 1 is 1.31 bits per heavy atom. The molecule has 2 aliphatic heterocycles. The number of sulfone groups is 1. The summed E-state index contributed by atoms with van der Waals surface area (Å²) in [7, 11) is -3.19. The van der Waals surface area contributed by atoms with E-state index in [2.05, 4.69) is 0 Å². The van der Waals surface area contributed by atoms with Gasteiger partial charge in [-0.15, -0.1) is 0 Å². The van der Waals surface area contributed by atoms with Gasteiger partial charge in [0, 0.05) is 19.0 Å². The fraction of sp³-hybridized carbons (Fsp3) is 0.900. The van der Waals surface area contributed by atoms with E-state index in [0.29, 0.717) is 38.4 Å². The van der Waals surface area contributed by atoms with E-state index in [0.717, 1.165) is 6.42 Å². The molecule has 2 heterocycles. The maximum Gasteiger partial charge on any atom is 0.240 e. The van der Waals surface area contributed by atoms with Crippen molar-refractivity contribution in [2.75, 3.05) is 25.4 Å². The lowest BCUT2D eigenvalue weighted by atomic mass is 9.99. The predicted molar refractivity (Wildman–Crippen MR) is 60.6 cm³/mol. The molecule has 0 aromatic carbocycles. The quantitative estimate of drug-likeness (QED) is 0.703. The average molecular weight is 246 g/mol. The van der Waals surface area contributed by atoms with E-state index in [9.17, 15) is 13.2 Å². The van der Waals surface area contributed by atoms with E-state index in [-0.39, 0.29) is 11.7 Å². The van der Waals surface area contributed by atoms with Gasteiger partial charge in [-0.05, 0) is 19.4 Å². The summed E-state index contributed by atoms with van der Waals surface area (Å²) in [6.07, 6.45) is 2.02. The van der Waals surface area contributed by atoms with Gasteiger partial charge in [-0.1, -0.05) is 6.42 Å². The van der Waals surface area contributed by atoms with Crippen molar-refractivity contribution in [3.8, 4) is 0 Å². The fourth-order valence-corrected chi connectivity index (χ4v) is 4.21. The third-order valence-corrected chi connectivity index (χ3v) is 5.62. The molecule has 0 spiro atoms. The minimum atomic E-state index is -3.19. The molecular weight excluding hydrogens is 228 g/mol. The molecule has 6 heteroatoms. The Bertz CT molecular complexity index is 374. The second-order valence-electron chi connectivity index (χ2n) is 4.70. The molecule has 1 amide bonds. The third kappa shape index (κ3) is 2.08. The van der Waals surface area contributed by atoms with Crippen molar-refractivity contribution in [2.45, 2.75) is 24.5 Å². The maximum absolute atomic E-state index is 12.0. The monoisotopic (exact) mass is 246 g/mol. The number of rotatable bonds is 2. The van der Waals surface area contributed by atoms with Crippen LogP contribution in [0.4, 0.5) is 0 Å². The van der Waals surface area contributed by atoms with Gasteiger partial charge < -0.3 is 10.6 Å². The Morgan fingerprint density at radius 3 is 2.56 bits per heavy atom. The molecule has 2 aliphatic rings. The Morgan fingerprint density at radius 2 is 2.00 bits per heavy atom. The molecule has 0 saturated carbocycles. The van der Waals surface area contributed by atoms with Gasteiger partial charge in [-0.3, -0.25) is 4.79 Å². The van der Waals surface area contributed by atoms with Crippen LogP contribution in [0.15, 0.2) is 0 Å². The molecule has 1 atom stereocenters. The van der Waals surface area contributed by atoms with Crippen molar-refractivity contribution < 1.29 is 13.2 Å². The predicted octanol–water partition coefficient (Wildman–Crippen LogP) is -0.629. The van der Waals surface area contributed by atoms with Crippen LogP contribution >= 0.6 is 0 Å². The standard InChI is InChI=1S/C10H18N2O3S/c11-5-8-6-12(7-8)10(13)9-3-1-2-4-16(9,14)15/h8-9H,1-7,11H2. The van der Waals surface area contributed by atoms with Crippen molar-refractivity contribution >= 4 is 15.7 Å². The molecule has 2 N–H and O–H groups in total. The van der Waals surface area contributed by atoms with Gasteiger partial charge in [0.1, 0.15) is 5.25 Å². The highest BCUT2D eigenvalue weighted by molar-refractivity contribution is 7.92. The molecule has 16 heavy (non-hydrogen) atoms. The Hall–Kier alpha value is -0.620. The van der Waals surface area contributed by atoms with E-state index < -0.39 is 15.1 Å². The molecular formula is C10H18N2O3S. The first-order valence-electron chi connectivity index (χ1n) is 5.75. The molecule has 0 aliphatic carbocycles. The van der Waals surface area contributed by atoms with E-state index in [4.69, 9.17) is 5.73 Å². The van der Waals surface area contributed by atoms with Crippen LogP contribution in [-0.4, -0.2) is 49.9 Å². The first-order chi connectivity index (χ1) is 7.54. The number of nitrogens with zero attached hydrogens (tertiary/aromatic N) is 1. The molecule has 2 saturated heterocycles. The summed E-state index contributed by atoms with van der Waals surface area (Å²) in [6, 6.07) is 0. The van der Waals surface area contributed by atoms with Crippen LogP contribution in [0.1, 0.15) is 19.3 Å². The van der Waals surface area contributed by atoms with E-state index >= 15 is 0 Å². The number of hydrogen-bond acceptors (Lipinski definition) is 4. The highest BCUT2D eigenvalue weighted by Crippen LogP contribution is 2.24. The highest BCUT2D eigenvalue weighted by Gasteiger charge is 2.40. The SMILES string of the molecule is NCC1CN(C(=O)C2CCCCS2(=O)=O)C1.